The third-order valence-corrected chi connectivity index (χ3v) is 3.33. The highest BCUT2D eigenvalue weighted by molar-refractivity contribution is 5.45. The highest BCUT2D eigenvalue weighted by Gasteiger charge is 2.14. The van der Waals surface area contributed by atoms with E-state index in [4.69, 9.17) is 9.47 Å². The quantitative estimate of drug-likeness (QED) is 0.805. The van der Waals surface area contributed by atoms with Gasteiger partial charge in [0.1, 0.15) is 0 Å². The van der Waals surface area contributed by atoms with Gasteiger partial charge in [0.05, 0.1) is 25.7 Å². The van der Waals surface area contributed by atoms with E-state index in [2.05, 4.69) is 6.07 Å². The fourth-order valence-corrected chi connectivity index (χ4v) is 2.27. The fourth-order valence-electron chi connectivity index (χ4n) is 2.27. The maximum absolute atomic E-state index is 9.47. The molecule has 0 heterocycles. The molecule has 0 aromatic heterocycles. The lowest BCUT2D eigenvalue weighted by Crippen LogP contribution is -2.02. The smallest absolute Gasteiger partial charge is 0.161 e. The highest BCUT2D eigenvalue weighted by atomic mass is 16.5. The minimum Gasteiger partial charge on any atom is -0.493 e. The molecule has 0 bridgehead atoms. The minimum absolute atomic E-state index is 0.197. The fraction of sp³-hybridized carbons (Fsp3) is 0.278. The molecule has 0 saturated heterocycles. The zero-order valence-corrected chi connectivity index (χ0v) is 12.4. The molecular formula is C18H19NO2. The van der Waals surface area contributed by atoms with Gasteiger partial charge in [-0.15, -0.1) is 0 Å². The van der Waals surface area contributed by atoms with E-state index in [1.807, 2.05) is 55.5 Å². The van der Waals surface area contributed by atoms with Gasteiger partial charge in [-0.3, -0.25) is 0 Å². The van der Waals surface area contributed by atoms with Crippen molar-refractivity contribution < 1.29 is 9.47 Å². The van der Waals surface area contributed by atoms with E-state index >= 15 is 0 Å². The van der Waals surface area contributed by atoms with Crippen LogP contribution in [0.15, 0.2) is 48.5 Å². The van der Waals surface area contributed by atoms with Crippen LogP contribution in [-0.2, 0) is 6.42 Å². The average molecular weight is 281 g/mol. The lowest BCUT2D eigenvalue weighted by molar-refractivity contribution is 0.310. The predicted octanol–water partition coefficient (Wildman–Crippen LogP) is 3.94. The Balaban J connectivity index is 2.26. The standard InChI is InChI=1S/C18H19NO2/c1-3-21-18-12-15(9-10-17(18)20-2)16(13-19)11-14-7-5-4-6-8-14/h4-10,12,16H,3,11H2,1-2H3. The van der Waals surface area contributed by atoms with Crippen molar-refractivity contribution in [2.24, 2.45) is 0 Å². The van der Waals surface area contributed by atoms with Crippen molar-refractivity contribution >= 4 is 0 Å². The molecule has 1 atom stereocenters. The van der Waals surface area contributed by atoms with Crippen LogP contribution in [0.5, 0.6) is 11.5 Å². The molecule has 0 N–H and O–H groups in total. The monoisotopic (exact) mass is 281 g/mol. The predicted molar refractivity (Wildman–Crippen MR) is 82.7 cm³/mol. The Morgan fingerprint density at radius 3 is 2.48 bits per heavy atom. The number of rotatable bonds is 6. The van der Waals surface area contributed by atoms with Crippen LogP contribution >= 0.6 is 0 Å². The Kier molecular flexibility index (Phi) is 5.22. The lowest BCUT2D eigenvalue weighted by atomic mass is 9.93. The van der Waals surface area contributed by atoms with E-state index < -0.39 is 0 Å². The van der Waals surface area contributed by atoms with Crippen LogP contribution in [0.2, 0.25) is 0 Å². The first-order valence-corrected chi connectivity index (χ1v) is 7.02. The van der Waals surface area contributed by atoms with Crippen LogP contribution in [0, 0.1) is 11.3 Å². The van der Waals surface area contributed by atoms with Gasteiger partial charge in [-0.1, -0.05) is 36.4 Å². The summed E-state index contributed by atoms with van der Waals surface area (Å²) in [6, 6.07) is 18.1. The van der Waals surface area contributed by atoms with E-state index in [0.29, 0.717) is 24.5 Å². The van der Waals surface area contributed by atoms with Gasteiger partial charge >= 0.3 is 0 Å². The maximum Gasteiger partial charge on any atom is 0.161 e. The summed E-state index contributed by atoms with van der Waals surface area (Å²) in [5.41, 5.74) is 2.10. The molecule has 0 aliphatic heterocycles. The summed E-state index contributed by atoms with van der Waals surface area (Å²) in [6.07, 6.45) is 0.690. The van der Waals surface area contributed by atoms with Crippen molar-refractivity contribution in [2.45, 2.75) is 19.3 Å². The summed E-state index contributed by atoms with van der Waals surface area (Å²) < 4.78 is 10.9. The molecule has 0 saturated carbocycles. The third kappa shape index (κ3) is 3.76. The molecule has 0 aliphatic carbocycles. The second-order valence-electron chi connectivity index (χ2n) is 4.71. The second kappa shape index (κ2) is 7.35. The molecule has 3 heteroatoms. The molecule has 2 aromatic carbocycles. The largest absolute Gasteiger partial charge is 0.493 e. The van der Waals surface area contributed by atoms with Crippen molar-refractivity contribution in [2.75, 3.05) is 13.7 Å². The molecule has 2 rings (SSSR count). The topological polar surface area (TPSA) is 42.2 Å². The van der Waals surface area contributed by atoms with Gasteiger partial charge in [0.2, 0.25) is 0 Å². The summed E-state index contributed by atoms with van der Waals surface area (Å²) in [5, 5.41) is 9.47. The first-order chi connectivity index (χ1) is 10.3. The Hall–Kier alpha value is -2.47. The SMILES string of the molecule is CCOc1cc(C(C#N)Cc2ccccc2)ccc1OC. The van der Waals surface area contributed by atoms with Crippen LogP contribution in [0.25, 0.3) is 0 Å². The van der Waals surface area contributed by atoms with Gasteiger partial charge in [-0.05, 0) is 36.6 Å². The van der Waals surface area contributed by atoms with Crippen molar-refractivity contribution in [3.63, 3.8) is 0 Å². The Labute approximate surface area is 125 Å². The third-order valence-electron chi connectivity index (χ3n) is 3.33. The summed E-state index contributed by atoms with van der Waals surface area (Å²) in [4.78, 5) is 0. The zero-order valence-electron chi connectivity index (χ0n) is 12.4. The minimum atomic E-state index is -0.197. The van der Waals surface area contributed by atoms with E-state index in [0.717, 1.165) is 11.1 Å². The first kappa shape index (κ1) is 14.9. The van der Waals surface area contributed by atoms with Gasteiger partial charge in [-0.25, -0.2) is 0 Å². The summed E-state index contributed by atoms with van der Waals surface area (Å²) >= 11 is 0. The summed E-state index contributed by atoms with van der Waals surface area (Å²) in [7, 11) is 1.61. The van der Waals surface area contributed by atoms with Crippen LogP contribution in [-0.4, -0.2) is 13.7 Å². The lowest BCUT2D eigenvalue weighted by Gasteiger charge is -2.14. The molecule has 1 unspecified atom stereocenters. The van der Waals surface area contributed by atoms with Gasteiger partial charge in [-0.2, -0.15) is 5.26 Å². The summed E-state index contributed by atoms with van der Waals surface area (Å²) in [6.45, 7) is 2.49. The molecule has 108 valence electrons. The number of ether oxygens (including phenoxy) is 2. The van der Waals surface area contributed by atoms with Crippen LogP contribution in [0.4, 0.5) is 0 Å². The normalized spacial score (nSPS) is 11.5. The van der Waals surface area contributed by atoms with Crippen LogP contribution in [0.1, 0.15) is 24.0 Å². The number of nitriles is 1. The van der Waals surface area contributed by atoms with Gasteiger partial charge in [0.25, 0.3) is 0 Å². The van der Waals surface area contributed by atoms with E-state index in [-0.39, 0.29) is 5.92 Å². The Morgan fingerprint density at radius 2 is 1.86 bits per heavy atom. The number of methoxy groups -OCH3 is 1. The van der Waals surface area contributed by atoms with Crippen LogP contribution < -0.4 is 9.47 Å². The van der Waals surface area contributed by atoms with Crippen molar-refractivity contribution in [3.05, 3.63) is 59.7 Å². The molecule has 2 aromatic rings. The van der Waals surface area contributed by atoms with E-state index in [9.17, 15) is 5.26 Å². The average Bonchev–Trinajstić information content (AvgIpc) is 2.54. The van der Waals surface area contributed by atoms with Gasteiger partial charge in [0, 0.05) is 0 Å². The number of hydrogen-bond donors (Lipinski definition) is 0. The van der Waals surface area contributed by atoms with Gasteiger partial charge in [0.15, 0.2) is 11.5 Å². The molecule has 0 radical (unpaired) electrons. The van der Waals surface area contributed by atoms with Crippen molar-refractivity contribution in [1.29, 1.82) is 5.26 Å². The highest BCUT2D eigenvalue weighted by Crippen LogP contribution is 2.32. The number of benzene rings is 2. The molecule has 3 nitrogen and oxygen atoms in total. The molecule has 0 amide bonds. The first-order valence-electron chi connectivity index (χ1n) is 7.02. The Morgan fingerprint density at radius 1 is 1.10 bits per heavy atom. The molecular weight excluding hydrogens is 262 g/mol. The van der Waals surface area contributed by atoms with E-state index in [1.54, 1.807) is 7.11 Å². The van der Waals surface area contributed by atoms with Crippen LogP contribution in [0.3, 0.4) is 0 Å². The number of hydrogen-bond acceptors (Lipinski definition) is 3. The molecule has 0 fully saturated rings. The molecule has 0 aliphatic rings. The van der Waals surface area contributed by atoms with Crippen molar-refractivity contribution in [3.8, 4) is 17.6 Å². The summed E-state index contributed by atoms with van der Waals surface area (Å²) in [5.74, 6) is 1.18. The van der Waals surface area contributed by atoms with Gasteiger partial charge < -0.3 is 9.47 Å². The maximum atomic E-state index is 9.47. The van der Waals surface area contributed by atoms with Crippen molar-refractivity contribution in [1.82, 2.24) is 0 Å². The Bertz CT molecular complexity index is 617. The molecule has 0 spiro atoms. The molecule has 21 heavy (non-hydrogen) atoms. The number of nitrogens with zero attached hydrogens (tertiary/aromatic N) is 1. The second-order valence-corrected chi connectivity index (χ2v) is 4.71. The zero-order chi connectivity index (χ0) is 15.1. The van der Waals surface area contributed by atoms with E-state index in [1.165, 1.54) is 0 Å².